The highest BCUT2D eigenvalue weighted by Gasteiger charge is 2.22. The first kappa shape index (κ1) is 8.75. The summed E-state index contributed by atoms with van der Waals surface area (Å²) in [6.45, 7) is 5.38. The molecule has 0 amide bonds. The topological polar surface area (TPSA) is 43.8 Å². The lowest BCUT2D eigenvalue weighted by Crippen LogP contribution is -2.17. The standard InChI is InChI=1S/C10H17N3/c1-7-4-3-5-13-6-12-9(8(2)11)10(7)13/h6-8H,3-5,11H2,1-2H3. The van der Waals surface area contributed by atoms with E-state index in [-0.39, 0.29) is 6.04 Å². The van der Waals surface area contributed by atoms with E-state index in [1.54, 1.807) is 0 Å². The monoisotopic (exact) mass is 179 g/mol. The van der Waals surface area contributed by atoms with Crippen LogP contribution in [0.1, 0.15) is 50.0 Å². The molecule has 2 N–H and O–H groups in total. The van der Waals surface area contributed by atoms with Gasteiger partial charge in [0.1, 0.15) is 0 Å². The van der Waals surface area contributed by atoms with Gasteiger partial charge in [-0.25, -0.2) is 4.98 Å². The van der Waals surface area contributed by atoms with E-state index in [9.17, 15) is 0 Å². The van der Waals surface area contributed by atoms with Gasteiger partial charge in [-0.1, -0.05) is 6.92 Å². The summed E-state index contributed by atoms with van der Waals surface area (Å²) in [6.07, 6.45) is 4.47. The third-order valence-electron chi connectivity index (χ3n) is 2.84. The van der Waals surface area contributed by atoms with Gasteiger partial charge in [-0.3, -0.25) is 0 Å². The minimum Gasteiger partial charge on any atom is -0.334 e. The van der Waals surface area contributed by atoms with E-state index < -0.39 is 0 Å². The summed E-state index contributed by atoms with van der Waals surface area (Å²) < 4.78 is 2.26. The van der Waals surface area contributed by atoms with Gasteiger partial charge < -0.3 is 10.3 Å². The predicted octanol–water partition coefficient (Wildman–Crippen LogP) is 1.80. The van der Waals surface area contributed by atoms with Crippen LogP contribution < -0.4 is 5.73 Å². The molecule has 0 spiro atoms. The number of rotatable bonds is 1. The Kier molecular flexibility index (Phi) is 2.12. The summed E-state index contributed by atoms with van der Waals surface area (Å²) in [7, 11) is 0. The fourth-order valence-electron chi connectivity index (χ4n) is 2.18. The second-order valence-electron chi connectivity index (χ2n) is 4.04. The number of aromatic nitrogens is 2. The van der Waals surface area contributed by atoms with E-state index in [0.717, 1.165) is 12.2 Å². The highest BCUT2D eigenvalue weighted by atomic mass is 15.1. The SMILES string of the molecule is CC(N)c1ncn2c1C(C)CCC2. The normalized spacial score (nSPS) is 24.1. The Morgan fingerprint density at radius 3 is 3.15 bits per heavy atom. The van der Waals surface area contributed by atoms with Crippen molar-refractivity contribution >= 4 is 0 Å². The molecule has 2 atom stereocenters. The molecular formula is C10H17N3. The molecule has 2 unspecified atom stereocenters. The number of nitrogens with two attached hydrogens (primary N) is 1. The lowest BCUT2D eigenvalue weighted by Gasteiger charge is -2.22. The molecule has 1 aromatic rings. The average molecular weight is 179 g/mol. The van der Waals surface area contributed by atoms with E-state index in [1.165, 1.54) is 18.5 Å². The summed E-state index contributed by atoms with van der Waals surface area (Å²) in [5, 5.41) is 0. The van der Waals surface area contributed by atoms with Crippen LogP contribution in [0.4, 0.5) is 0 Å². The van der Waals surface area contributed by atoms with Crippen LogP contribution in [-0.4, -0.2) is 9.55 Å². The zero-order valence-corrected chi connectivity index (χ0v) is 8.33. The van der Waals surface area contributed by atoms with Crippen molar-refractivity contribution in [3.63, 3.8) is 0 Å². The Balaban J connectivity index is 2.44. The maximum Gasteiger partial charge on any atom is 0.0952 e. The van der Waals surface area contributed by atoms with E-state index in [0.29, 0.717) is 5.92 Å². The molecule has 1 aromatic heterocycles. The van der Waals surface area contributed by atoms with E-state index in [2.05, 4.69) is 16.5 Å². The summed E-state index contributed by atoms with van der Waals surface area (Å²) in [4.78, 5) is 4.39. The van der Waals surface area contributed by atoms with Gasteiger partial charge in [0.25, 0.3) is 0 Å². The third-order valence-corrected chi connectivity index (χ3v) is 2.84. The Labute approximate surface area is 79.0 Å². The molecule has 0 aromatic carbocycles. The van der Waals surface area contributed by atoms with Crippen LogP contribution in [-0.2, 0) is 6.54 Å². The number of hydrogen-bond acceptors (Lipinski definition) is 2. The largest absolute Gasteiger partial charge is 0.334 e. The van der Waals surface area contributed by atoms with Crippen LogP contribution in [0.5, 0.6) is 0 Å². The molecule has 0 saturated heterocycles. The highest BCUT2D eigenvalue weighted by molar-refractivity contribution is 5.21. The second kappa shape index (κ2) is 3.14. The molecule has 1 aliphatic rings. The smallest absolute Gasteiger partial charge is 0.0952 e. The maximum absolute atomic E-state index is 5.87. The van der Waals surface area contributed by atoms with Crippen LogP contribution in [0.15, 0.2) is 6.33 Å². The molecule has 1 aliphatic heterocycles. The Morgan fingerprint density at radius 1 is 1.69 bits per heavy atom. The van der Waals surface area contributed by atoms with Crippen molar-refractivity contribution in [3.8, 4) is 0 Å². The fraction of sp³-hybridized carbons (Fsp3) is 0.700. The molecule has 0 fully saturated rings. The van der Waals surface area contributed by atoms with Gasteiger partial charge in [-0.05, 0) is 25.7 Å². The first-order valence-corrected chi connectivity index (χ1v) is 5.00. The Morgan fingerprint density at radius 2 is 2.46 bits per heavy atom. The average Bonchev–Trinajstić information content (AvgIpc) is 2.49. The molecule has 0 aliphatic carbocycles. The van der Waals surface area contributed by atoms with E-state index >= 15 is 0 Å². The first-order chi connectivity index (χ1) is 6.20. The molecule has 13 heavy (non-hydrogen) atoms. The molecule has 3 nitrogen and oxygen atoms in total. The molecule has 0 radical (unpaired) electrons. The van der Waals surface area contributed by atoms with Crippen LogP contribution >= 0.6 is 0 Å². The number of fused-ring (bicyclic) bond motifs is 1. The van der Waals surface area contributed by atoms with Crippen LogP contribution in [0, 0.1) is 0 Å². The summed E-state index contributed by atoms with van der Waals surface area (Å²) in [5.41, 5.74) is 8.32. The van der Waals surface area contributed by atoms with Crippen molar-refractivity contribution in [3.05, 3.63) is 17.7 Å². The first-order valence-electron chi connectivity index (χ1n) is 5.00. The van der Waals surface area contributed by atoms with Gasteiger partial charge in [-0.2, -0.15) is 0 Å². The van der Waals surface area contributed by atoms with Gasteiger partial charge >= 0.3 is 0 Å². The zero-order valence-electron chi connectivity index (χ0n) is 8.33. The Bertz CT molecular complexity index is 301. The van der Waals surface area contributed by atoms with Crippen molar-refractivity contribution < 1.29 is 0 Å². The Hall–Kier alpha value is -0.830. The van der Waals surface area contributed by atoms with Crippen molar-refractivity contribution in [2.45, 2.75) is 45.2 Å². The molecule has 2 heterocycles. The number of nitrogens with zero attached hydrogens (tertiary/aromatic N) is 2. The molecule has 0 bridgehead atoms. The lowest BCUT2D eigenvalue weighted by atomic mass is 9.95. The number of aryl methyl sites for hydroxylation is 1. The minimum absolute atomic E-state index is 0.0665. The summed E-state index contributed by atoms with van der Waals surface area (Å²) in [6, 6.07) is 0.0665. The summed E-state index contributed by atoms with van der Waals surface area (Å²) >= 11 is 0. The molecule has 72 valence electrons. The van der Waals surface area contributed by atoms with Gasteiger partial charge in [-0.15, -0.1) is 0 Å². The summed E-state index contributed by atoms with van der Waals surface area (Å²) in [5.74, 6) is 0.622. The quantitative estimate of drug-likeness (QED) is 0.714. The van der Waals surface area contributed by atoms with Crippen LogP contribution in [0.25, 0.3) is 0 Å². The predicted molar refractivity (Wildman–Crippen MR) is 52.5 cm³/mol. The molecule has 3 heteroatoms. The molecule has 2 rings (SSSR count). The van der Waals surface area contributed by atoms with E-state index in [1.807, 2.05) is 13.3 Å². The number of imidazole rings is 1. The lowest BCUT2D eigenvalue weighted by molar-refractivity contribution is 0.469. The zero-order chi connectivity index (χ0) is 9.42. The maximum atomic E-state index is 5.87. The fourth-order valence-corrected chi connectivity index (χ4v) is 2.18. The van der Waals surface area contributed by atoms with Gasteiger partial charge in [0.05, 0.1) is 12.0 Å². The van der Waals surface area contributed by atoms with Crippen molar-refractivity contribution in [1.29, 1.82) is 0 Å². The van der Waals surface area contributed by atoms with Gasteiger partial charge in [0.15, 0.2) is 0 Å². The van der Waals surface area contributed by atoms with Gasteiger partial charge in [0.2, 0.25) is 0 Å². The van der Waals surface area contributed by atoms with Crippen LogP contribution in [0.2, 0.25) is 0 Å². The van der Waals surface area contributed by atoms with Crippen molar-refractivity contribution in [2.75, 3.05) is 0 Å². The van der Waals surface area contributed by atoms with Crippen molar-refractivity contribution in [1.82, 2.24) is 9.55 Å². The second-order valence-corrected chi connectivity index (χ2v) is 4.04. The molecular weight excluding hydrogens is 162 g/mol. The van der Waals surface area contributed by atoms with E-state index in [4.69, 9.17) is 5.73 Å². The highest BCUT2D eigenvalue weighted by Crippen LogP contribution is 2.30. The molecule has 0 saturated carbocycles. The van der Waals surface area contributed by atoms with Gasteiger partial charge in [0, 0.05) is 18.3 Å². The minimum atomic E-state index is 0.0665. The third kappa shape index (κ3) is 1.37. The number of hydrogen-bond donors (Lipinski definition) is 1. The van der Waals surface area contributed by atoms with Crippen LogP contribution in [0.3, 0.4) is 0 Å². The van der Waals surface area contributed by atoms with Crippen molar-refractivity contribution in [2.24, 2.45) is 5.73 Å².